The minimum absolute atomic E-state index is 0.0682. The molecule has 2 fully saturated rings. The fourth-order valence-electron chi connectivity index (χ4n) is 4.21. The zero-order valence-electron chi connectivity index (χ0n) is 15.0. The highest BCUT2D eigenvalue weighted by atomic mass is 16.6. The first-order valence-electron chi connectivity index (χ1n) is 9.76. The molecule has 2 aliphatic rings. The normalized spacial score (nSPS) is 24.9. The average Bonchev–Trinajstić information content (AvgIpc) is 2.97. The van der Waals surface area contributed by atoms with E-state index < -0.39 is 17.7 Å². The Morgan fingerprint density at radius 2 is 1.72 bits per heavy atom. The van der Waals surface area contributed by atoms with Crippen molar-refractivity contribution < 1.29 is 19.4 Å². The summed E-state index contributed by atoms with van der Waals surface area (Å²) in [5.41, 5.74) is -0.580. The number of ether oxygens (including phenoxy) is 2. The SMILES string of the molecule is O=C(OCc1ccccc1)C(O)(C1CCCCCC1)C1CCCCO1. The van der Waals surface area contributed by atoms with Crippen LogP contribution in [0.2, 0.25) is 0 Å². The lowest BCUT2D eigenvalue weighted by molar-refractivity contribution is -0.202. The van der Waals surface area contributed by atoms with Gasteiger partial charge in [0.25, 0.3) is 0 Å². The smallest absolute Gasteiger partial charge is 0.341 e. The average molecular weight is 346 g/mol. The van der Waals surface area contributed by atoms with E-state index in [9.17, 15) is 9.90 Å². The molecule has 0 aromatic heterocycles. The van der Waals surface area contributed by atoms with Crippen LogP contribution in [0.3, 0.4) is 0 Å². The minimum Gasteiger partial charge on any atom is -0.459 e. The highest BCUT2D eigenvalue weighted by molar-refractivity contribution is 5.80. The molecule has 1 N–H and O–H groups in total. The molecule has 3 rings (SSSR count). The second kappa shape index (κ2) is 8.81. The first-order chi connectivity index (χ1) is 12.2. The van der Waals surface area contributed by atoms with E-state index in [0.29, 0.717) is 6.61 Å². The molecular weight excluding hydrogens is 316 g/mol. The quantitative estimate of drug-likeness (QED) is 0.647. The molecule has 1 heterocycles. The number of hydrogen-bond acceptors (Lipinski definition) is 4. The standard InChI is InChI=1S/C21H30O4/c22-20(25-16-17-10-4-3-5-11-17)21(23,19-14-8-9-15-24-19)18-12-6-1-2-7-13-18/h3-5,10-11,18-19,23H,1-2,6-9,12-16H2. The lowest BCUT2D eigenvalue weighted by Gasteiger charge is -2.41. The predicted molar refractivity (Wildman–Crippen MR) is 96.0 cm³/mol. The Morgan fingerprint density at radius 1 is 1.04 bits per heavy atom. The van der Waals surface area contributed by atoms with Gasteiger partial charge in [0.15, 0.2) is 5.60 Å². The Bertz CT molecular complexity index is 530. The molecule has 0 bridgehead atoms. The second-order valence-electron chi connectivity index (χ2n) is 7.43. The van der Waals surface area contributed by atoms with Gasteiger partial charge in [0, 0.05) is 12.5 Å². The minimum atomic E-state index is -1.51. The number of esters is 1. The number of aliphatic hydroxyl groups is 1. The van der Waals surface area contributed by atoms with Crippen molar-refractivity contribution in [2.75, 3.05) is 6.61 Å². The Hall–Kier alpha value is -1.39. The third kappa shape index (κ3) is 4.42. The van der Waals surface area contributed by atoms with E-state index in [1.54, 1.807) is 0 Å². The molecule has 1 saturated heterocycles. The monoisotopic (exact) mass is 346 g/mol. The summed E-state index contributed by atoms with van der Waals surface area (Å²) in [6.45, 7) is 0.813. The summed E-state index contributed by atoms with van der Waals surface area (Å²) in [4.78, 5) is 13.0. The third-order valence-electron chi connectivity index (χ3n) is 5.69. The van der Waals surface area contributed by atoms with Crippen LogP contribution >= 0.6 is 0 Å². The molecule has 0 radical (unpaired) electrons. The molecule has 1 saturated carbocycles. The van der Waals surface area contributed by atoms with Gasteiger partial charge in [-0.3, -0.25) is 0 Å². The van der Waals surface area contributed by atoms with Crippen LogP contribution in [-0.2, 0) is 20.9 Å². The van der Waals surface area contributed by atoms with Crippen LogP contribution < -0.4 is 0 Å². The summed E-state index contributed by atoms with van der Waals surface area (Å²) in [5, 5.41) is 11.5. The maximum Gasteiger partial charge on any atom is 0.341 e. The van der Waals surface area contributed by atoms with E-state index in [0.717, 1.165) is 50.5 Å². The van der Waals surface area contributed by atoms with Gasteiger partial charge < -0.3 is 14.6 Å². The van der Waals surface area contributed by atoms with Crippen LogP contribution in [-0.4, -0.2) is 29.4 Å². The fraction of sp³-hybridized carbons (Fsp3) is 0.667. The maximum atomic E-state index is 13.0. The Kier molecular flexibility index (Phi) is 6.49. The van der Waals surface area contributed by atoms with Gasteiger partial charge in [0.05, 0.1) is 6.10 Å². The molecule has 2 unspecified atom stereocenters. The van der Waals surface area contributed by atoms with Crippen molar-refractivity contribution in [1.29, 1.82) is 0 Å². The number of benzene rings is 1. The molecule has 1 aliphatic heterocycles. The molecule has 1 aromatic rings. The molecule has 0 spiro atoms. The van der Waals surface area contributed by atoms with Gasteiger partial charge in [0.1, 0.15) is 6.61 Å². The number of carbonyl (C=O) groups excluding carboxylic acids is 1. The van der Waals surface area contributed by atoms with Gasteiger partial charge in [-0.2, -0.15) is 0 Å². The summed E-state index contributed by atoms with van der Waals surface area (Å²) >= 11 is 0. The topological polar surface area (TPSA) is 55.8 Å². The van der Waals surface area contributed by atoms with Gasteiger partial charge in [-0.25, -0.2) is 4.79 Å². The van der Waals surface area contributed by atoms with Crippen molar-refractivity contribution >= 4 is 5.97 Å². The zero-order chi connectivity index (χ0) is 17.5. The van der Waals surface area contributed by atoms with Crippen LogP contribution in [0.4, 0.5) is 0 Å². The van der Waals surface area contributed by atoms with Crippen LogP contribution in [0.15, 0.2) is 30.3 Å². The fourth-order valence-corrected chi connectivity index (χ4v) is 4.21. The third-order valence-corrected chi connectivity index (χ3v) is 5.69. The maximum absolute atomic E-state index is 13.0. The molecule has 1 aliphatic carbocycles. The van der Waals surface area contributed by atoms with Gasteiger partial charge >= 0.3 is 5.97 Å². The predicted octanol–water partition coefficient (Wildman–Crippen LogP) is 4.00. The summed E-state index contributed by atoms with van der Waals surface area (Å²) in [7, 11) is 0. The summed E-state index contributed by atoms with van der Waals surface area (Å²) in [6.07, 6.45) is 8.50. The Balaban J connectivity index is 1.75. The molecule has 4 heteroatoms. The van der Waals surface area contributed by atoms with Gasteiger partial charge in [-0.05, 0) is 37.7 Å². The van der Waals surface area contributed by atoms with E-state index in [-0.39, 0.29) is 12.5 Å². The lowest BCUT2D eigenvalue weighted by Crippen LogP contribution is -2.57. The van der Waals surface area contributed by atoms with E-state index in [1.807, 2.05) is 30.3 Å². The largest absolute Gasteiger partial charge is 0.459 e. The van der Waals surface area contributed by atoms with Crippen molar-refractivity contribution in [2.24, 2.45) is 5.92 Å². The summed E-state index contributed by atoms with van der Waals surface area (Å²) in [6, 6.07) is 9.63. The van der Waals surface area contributed by atoms with E-state index >= 15 is 0 Å². The van der Waals surface area contributed by atoms with Crippen LogP contribution in [0.1, 0.15) is 63.4 Å². The summed E-state index contributed by atoms with van der Waals surface area (Å²) in [5.74, 6) is -0.573. The molecule has 1 aromatic carbocycles. The molecular formula is C21H30O4. The highest BCUT2D eigenvalue weighted by Gasteiger charge is 2.52. The van der Waals surface area contributed by atoms with Crippen molar-refractivity contribution in [2.45, 2.75) is 76.1 Å². The zero-order valence-corrected chi connectivity index (χ0v) is 15.0. The van der Waals surface area contributed by atoms with Gasteiger partial charge in [0.2, 0.25) is 0 Å². The number of rotatable bonds is 5. The molecule has 138 valence electrons. The number of carbonyl (C=O) groups is 1. The van der Waals surface area contributed by atoms with E-state index in [1.165, 1.54) is 12.8 Å². The van der Waals surface area contributed by atoms with E-state index in [4.69, 9.17) is 9.47 Å². The number of hydrogen-bond donors (Lipinski definition) is 1. The Morgan fingerprint density at radius 3 is 2.36 bits per heavy atom. The van der Waals surface area contributed by atoms with Crippen LogP contribution in [0.5, 0.6) is 0 Å². The van der Waals surface area contributed by atoms with Crippen LogP contribution in [0.25, 0.3) is 0 Å². The van der Waals surface area contributed by atoms with Crippen LogP contribution in [0, 0.1) is 5.92 Å². The first kappa shape index (κ1) is 18.4. The van der Waals surface area contributed by atoms with Crippen molar-refractivity contribution in [3.05, 3.63) is 35.9 Å². The van der Waals surface area contributed by atoms with Crippen molar-refractivity contribution in [3.63, 3.8) is 0 Å². The van der Waals surface area contributed by atoms with Crippen molar-refractivity contribution in [1.82, 2.24) is 0 Å². The van der Waals surface area contributed by atoms with E-state index in [2.05, 4.69) is 0 Å². The summed E-state index contributed by atoms with van der Waals surface area (Å²) < 4.78 is 11.4. The molecule has 4 nitrogen and oxygen atoms in total. The molecule has 0 amide bonds. The lowest BCUT2D eigenvalue weighted by atomic mass is 9.76. The van der Waals surface area contributed by atoms with Crippen molar-refractivity contribution in [3.8, 4) is 0 Å². The Labute approximate surface area is 150 Å². The van der Waals surface area contributed by atoms with Gasteiger partial charge in [-0.1, -0.05) is 56.0 Å². The highest BCUT2D eigenvalue weighted by Crippen LogP contribution is 2.38. The van der Waals surface area contributed by atoms with Gasteiger partial charge in [-0.15, -0.1) is 0 Å². The first-order valence-corrected chi connectivity index (χ1v) is 9.76. The molecule has 25 heavy (non-hydrogen) atoms. The second-order valence-corrected chi connectivity index (χ2v) is 7.43. The molecule has 2 atom stereocenters.